The van der Waals surface area contributed by atoms with Crippen molar-refractivity contribution in [3.05, 3.63) is 34.3 Å². The van der Waals surface area contributed by atoms with Crippen LogP contribution in [0.25, 0.3) is 0 Å². The second-order valence-corrected chi connectivity index (χ2v) is 12.5. The molecular weight excluding hydrogens is 518 g/mol. The number of nitrogens with zero attached hydrogens (tertiary/aromatic N) is 1. The normalized spacial score (nSPS) is 19.4. The lowest BCUT2D eigenvalue weighted by Gasteiger charge is -2.32. The minimum atomic E-state index is -3.54. The maximum atomic E-state index is 12.7. The van der Waals surface area contributed by atoms with Gasteiger partial charge in [0.05, 0.1) is 74.7 Å². The summed E-state index contributed by atoms with van der Waals surface area (Å²) in [5.74, 6) is -0.237. The number of nitrogens with two attached hydrogens (primary N) is 1. The fourth-order valence-corrected chi connectivity index (χ4v) is 6.91. The van der Waals surface area contributed by atoms with Gasteiger partial charge in [0.25, 0.3) is 0 Å². The van der Waals surface area contributed by atoms with Crippen LogP contribution in [-0.4, -0.2) is 85.5 Å². The second kappa shape index (κ2) is 14.9. The van der Waals surface area contributed by atoms with E-state index in [9.17, 15) is 13.2 Å². The lowest BCUT2D eigenvalue weighted by atomic mass is 10.4. The summed E-state index contributed by atoms with van der Waals surface area (Å²) in [7, 11) is -5.68. The molecule has 1 heterocycles. The summed E-state index contributed by atoms with van der Waals surface area (Å²) in [5.41, 5.74) is 7.72. The van der Waals surface area contributed by atoms with Gasteiger partial charge in [0.1, 0.15) is 0 Å². The molecule has 0 spiro atoms. The van der Waals surface area contributed by atoms with Crippen molar-refractivity contribution in [2.75, 3.05) is 65.7 Å². The highest BCUT2D eigenvalue weighted by Crippen LogP contribution is 2.55. The first-order valence-corrected chi connectivity index (χ1v) is 15.1. The van der Waals surface area contributed by atoms with Gasteiger partial charge in [-0.1, -0.05) is 21.8 Å². The van der Waals surface area contributed by atoms with Crippen molar-refractivity contribution < 1.29 is 32.2 Å². The Morgan fingerprint density at radius 2 is 1.60 bits per heavy atom. The average Bonchev–Trinajstić information content (AvgIpc) is 3.17. The second-order valence-electron chi connectivity index (χ2n) is 7.58. The molecule has 35 heavy (non-hydrogen) atoms. The Morgan fingerprint density at radius 3 is 2.11 bits per heavy atom. The van der Waals surface area contributed by atoms with Gasteiger partial charge in [-0.2, -0.15) is 0 Å². The fraction of sp³-hybridized carbons (Fsp3) is 0.545. The standard InChI is InChI=1S/C22H34ClN3O7S2/c1-18-16-35(17-25-18,19-3-4-20(23)21(15-19)34(2,28)29)26-22(27)5-7-30-9-11-32-13-14-33-12-10-31-8-6-24/h3-4,15-17H,5-14,24H2,1-2H3,(H,26,27). The number of ether oxygens (including phenoxy) is 4. The molecule has 1 aromatic carbocycles. The molecule has 1 unspecified atom stereocenters. The minimum Gasteiger partial charge on any atom is -0.379 e. The number of nitrogens with one attached hydrogen (secondary N) is 1. The predicted octanol–water partition coefficient (Wildman–Crippen LogP) is 2.26. The molecule has 0 fully saturated rings. The first-order chi connectivity index (χ1) is 16.7. The molecule has 1 aliphatic rings. The largest absolute Gasteiger partial charge is 0.379 e. The molecule has 1 aliphatic heterocycles. The summed E-state index contributed by atoms with van der Waals surface area (Å²) in [6.45, 7) is 5.67. The number of rotatable bonds is 17. The smallest absolute Gasteiger partial charge is 0.231 e. The van der Waals surface area contributed by atoms with Crippen molar-refractivity contribution in [3.63, 3.8) is 0 Å². The Hall–Kier alpha value is -1.51. The van der Waals surface area contributed by atoms with Gasteiger partial charge in [-0.3, -0.25) is 9.79 Å². The Kier molecular flexibility index (Phi) is 12.7. The van der Waals surface area contributed by atoms with Crippen molar-refractivity contribution in [2.45, 2.75) is 23.1 Å². The highest BCUT2D eigenvalue weighted by atomic mass is 35.5. The van der Waals surface area contributed by atoms with Gasteiger partial charge in [0.15, 0.2) is 9.84 Å². The quantitative estimate of drug-likeness (QED) is 0.281. The zero-order valence-corrected chi connectivity index (χ0v) is 22.4. The summed E-state index contributed by atoms with van der Waals surface area (Å²) in [6, 6.07) is 4.73. The third-order valence-electron chi connectivity index (χ3n) is 4.61. The zero-order chi connectivity index (χ0) is 25.7. The van der Waals surface area contributed by atoms with Crippen LogP contribution in [0.5, 0.6) is 0 Å². The number of allylic oxidation sites excluding steroid dienone is 1. The first-order valence-electron chi connectivity index (χ1n) is 11.0. The highest BCUT2D eigenvalue weighted by molar-refractivity contribution is 8.45. The molecule has 0 saturated carbocycles. The van der Waals surface area contributed by atoms with Gasteiger partial charge in [-0.25, -0.2) is 8.42 Å². The number of aliphatic imine (C=N–C) groups is 1. The third-order valence-corrected chi connectivity index (χ3v) is 8.93. The van der Waals surface area contributed by atoms with Gasteiger partial charge in [0.2, 0.25) is 5.91 Å². The summed E-state index contributed by atoms with van der Waals surface area (Å²) < 4.78 is 48.7. The molecule has 1 amide bonds. The lowest BCUT2D eigenvalue weighted by Crippen LogP contribution is -2.28. The van der Waals surface area contributed by atoms with Gasteiger partial charge in [0, 0.05) is 28.8 Å². The first kappa shape index (κ1) is 29.7. The number of amides is 1. The number of benzene rings is 1. The Balaban J connectivity index is 1.75. The van der Waals surface area contributed by atoms with Crippen LogP contribution in [0.2, 0.25) is 5.02 Å². The molecule has 2 rings (SSSR count). The maximum Gasteiger partial charge on any atom is 0.231 e. The van der Waals surface area contributed by atoms with Gasteiger partial charge in [-0.05, 0) is 25.1 Å². The lowest BCUT2D eigenvalue weighted by molar-refractivity contribution is -0.120. The van der Waals surface area contributed by atoms with Gasteiger partial charge < -0.3 is 29.4 Å². The van der Waals surface area contributed by atoms with Crippen LogP contribution in [0.15, 0.2) is 44.1 Å². The van der Waals surface area contributed by atoms with Crippen LogP contribution in [0, 0.1) is 0 Å². The van der Waals surface area contributed by atoms with Crippen molar-refractivity contribution in [1.29, 1.82) is 0 Å². The number of carbonyl (C=O) groups excluding carboxylic acids is 1. The Morgan fingerprint density at radius 1 is 1.03 bits per heavy atom. The zero-order valence-electron chi connectivity index (χ0n) is 20.0. The summed E-state index contributed by atoms with van der Waals surface area (Å²) in [5, 5.41) is 1.98. The monoisotopic (exact) mass is 551 g/mol. The topological polar surface area (TPSA) is 139 Å². The molecule has 0 bridgehead atoms. The van der Waals surface area contributed by atoms with E-state index in [0.29, 0.717) is 57.7 Å². The van der Waals surface area contributed by atoms with E-state index in [4.69, 9.17) is 36.3 Å². The van der Waals surface area contributed by atoms with Crippen LogP contribution >= 0.6 is 21.8 Å². The molecule has 0 saturated heterocycles. The number of hydrogen-bond acceptors (Lipinski definition) is 9. The van der Waals surface area contributed by atoms with Crippen molar-refractivity contribution >= 4 is 43.1 Å². The van der Waals surface area contributed by atoms with Crippen LogP contribution in [0.4, 0.5) is 0 Å². The summed E-state index contributed by atoms with van der Waals surface area (Å²) >= 11 is 6.09. The molecule has 1 atom stereocenters. The predicted molar refractivity (Wildman–Crippen MR) is 138 cm³/mol. The Labute approximate surface area is 213 Å². The number of halogens is 1. The Bertz CT molecular complexity index is 1000. The van der Waals surface area contributed by atoms with E-state index < -0.39 is 20.1 Å². The molecule has 13 heteroatoms. The molecular formula is C22H34ClN3O7S2. The molecule has 10 nitrogen and oxygen atoms in total. The van der Waals surface area contributed by atoms with Gasteiger partial charge in [-0.15, -0.1) is 0 Å². The van der Waals surface area contributed by atoms with Gasteiger partial charge >= 0.3 is 0 Å². The highest BCUT2D eigenvalue weighted by Gasteiger charge is 2.29. The van der Waals surface area contributed by atoms with E-state index >= 15 is 0 Å². The molecule has 0 aliphatic carbocycles. The minimum absolute atomic E-state index is 0.0119. The summed E-state index contributed by atoms with van der Waals surface area (Å²) in [4.78, 5) is 17.6. The van der Waals surface area contributed by atoms with Crippen molar-refractivity contribution in [2.24, 2.45) is 10.7 Å². The maximum absolute atomic E-state index is 12.7. The van der Waals surface area contributed by atoms with E-state index in [-0.39, 0.29) is 28.9 Å². The van der Waals surface area contributed by atoms with Crippen LogP contribution < -0.4 is 10.5 Å². The van der Waals surface area contributed by atoms with Crippen LogP contribution in [0.3, 0.4) is 0 Å². The molecule has 3 N–H and O–H groups in total. The molecule has 0 aromatic heterocycles. The molecule has 0 radical (unpaired) electrons. The summed E-state index contributed by atoms with van der Waals surface area (Å²) in [6.07, 6.45) is 1.23. The third kappa shape index (κ3) is 10.2. The van der Waals surface area contributed by atoms with E-state index in [0.717, 1.165) is 12.0 Å². The fourth-order valence-electron chi connectivity index (χ4n) is 2.97. The number of hydrogen-bond donors (Lipinski definition) is 2. The van der Waals surface area contributed by atoms with E-state index in [1.807, 2.05) is 12.3 Å². The SMILES string of the molecule is CC1=CS(NC(=O)CCOCCOCCOCCOCCN)(c2ccc(Cl)c(S(C)(=O)=O)c2)C=N1. The van der Waals surface area contributed by atoms with Crippen LogP contribution in [0.1, 0.15) is 13.3 Å². The molecule has 198 valence electrons. The average molecular weight is 552 g/mol. The number of sulfone groups is 1. The van der Waals surface area contributed by atoms with E-state index in [2.05, 4.69) is 9.71 Å². The van der Waals surface area contributed by atoms with Crippen molar-refractivity contribution in [3.8, 4) is 0 Å². The van der Waals surface area contributed by atoms with Crippen LogP contribution in [-0.2, 0) is 33.6 Å². The van der Waals surface area contributed by atoms with Crippen molar-refractivity contribution in [1.82, 2.24) is 4.72 Å². The van der Waals surface area contributed by atoms with E-state index in [1.165, 1.54) is 12.1 Å². The number of carbonyl (C=O) groups is 1. The van der Waals surface area contributed by atoms with E-state index in [1.54, 1.807) is 11.6 Å². The molecule has 1 aromatic rings.